The first-order valence-corrected chi connectivity index (χ1v) is 6.64. The minimum absolute atomic E-state index is 0.332. The fourth-order valence-corrected chi connectivity index (χ4v) is 2.04. The molecule has 0 atom stereocenters. The molecule has 0 bridgehead atoms. The quantitative estimate of drug-likeness (QED) is 0.737. The molecular formula is C15H22N2O. The van der Waals surface area contributed by atoms with Crippen molar-refractivity contribution in [1.29, 1.82) is 0 Å². The molecule has 0 fully saturated rings. The van der Waals surface area contributed by atoms with E-state index in [4.69, 9.17) is 4.74 Å². The second-order valence-corrected chi connectivity index (χ2v) is 4.81. The maximum Gasteiger partial charge on any atom is 0.0518 e. The first kappa shape index (κ1) is 13.1. The van der Waals surface area contributed by atoms with Gasteiger partial charge in [-0.2, -0.15) is 0 Å². The molecule has 2 aromatic rings. The third kappa shape index (κ3) is 3.59. The molecule has 1 aromatic carbocycles. The molecule has 0 aliphatic carbocycles. The van der Waals surface area contributed by atoms with Crippen molar-refractivity contribution < 1.29 is 4.74 Å². The van der Waals surface area contributed by atoms with Crippen LogP contribution in [0.25, 0.3) is 10.9 Å². The standard InChI is InChI=1S/C15H22N2O/c1-12(2)18-10-4-8-16-11-13-5-3-6-15-14(13)7-9-17-15/h3,5-7,9,12,16-17H,4,8,10-11H2,1-2H3. The van der Waals surface area contributed by atoms with Crippen LogP contribution in [-0.2, 0) is 11.3 Å². The van der Waals surface area contributed by atoms with Gasteiger partial charge in [0.15, 0.2) is 0 Å². The zero-order valence-electron chi connectivity index (χ0n) is 11.2. The lowest BCUT2D eigenvalue weighted by Gasteiger charge is -2.08. The van der Waals surface area contributed by atoms with Crippen LogP contribution in [0.3, 0.4) is 0 Å². The lowest BCUT2D eigenvalue weighted by Crippen LogP contribution is -2.17. The van der Waals surface area contributed by atoms with E-state index in [0.29, 0.717) is 6.10 Å². The van der Waals surface area contributed by atoms with Crippen molar-refractivity contribution >= 4 is 10.9 Å². The van der Waals surface area contributed by atoms with Gasteiger partial charge in [0.25, 0.3) is 0 Å². The summed E-state index contributed by atoms with van der Waals surface area (Å²) >= 11 is 0. The van der Waals surface area contributed by atoms with Crippen LogP contribution >= 0.6 is 0 Å². The van der Waals surface area contributed by atoms with Crippen LogP contribution in [0.4, 0.5) is 0 Å². The molecule has 98 valence electrons. The van der Waals surface area contributed by atoms with Crippen LogP contribution in [0.5, 0.6) is 0 Å². The molecule has 0 saturated heterocycles. The van der Waals surface area contributed by atoms with Crippen molar-refractivity contribution in [2.24, 2.45) is 0 Å². The van der Waals surface area contributed by atoms with Gasteiger partial charge < -0.3 is 15.0 Å². The monoisotopic (exact) mass is 246 g/mol. The van der Waals surface area contributed by atoms with E-state index in [9.17, 15) is 0 Å². The van der Waals surface area contributed by atoms with Crippen molar-refractivity contribution in [1.82, 2.24) is 10.3 Å². The van der Waals surface area contributed by atoms with E-state index in [0.717, 1.165) is 26.1 Å². The number of aromatic amines is 1. The van der Waals surface area contributed by atoms with Gasteiger partial charge in [0.05, 0.1) is 6.10 Å². The number of aromatic nitrogens is 1. The Morgan fingerprint density at radius 2 is 2.17 bits per heavy atom. The van der Waals surface area contributed by atoms with Crippen molar-refractivity contribution in [3.63, 3.8) is 0 Å². The van der Waals surface area contributed by atoms with Crippen LogP contribution < -0.4 is 5.32 Å². The van der Waals surface area contributed by atoms with Crippen LogP contribution in [0, 0.1) is 0 Å². The fourth-order valence-electron chi connectivity index (χ4n) is 2.04. The Balaban J connectivity index is 1.75. The van der Waals surface area contributed by atoms with Crippen molar-refractivity contribution in [2.75, 3.05) is 13.2 Å². The lowest BCUT2D eigenvalue weighted by molar-refractivity contribution is 0.0770. The van der Waals surface area contributed by atoms with Gasteiger partial charge in [0.1, 0.15) is 0 Å². The molecule has 3 nitrogen and oxygen atoms in total. The Hall–Kier alpha value is -1.32. The molecule has 3 heteroatoms. The van der Waals surface area contributed by atoms with E-state index in [1.54, 1.807) is 0 Å². The number of H-pyrrole nitrogens is 1. The Morgan fingerprint density at radius 1 is 1.28 bits per heavy atom. The van der Waals surface area contributed by atoms with E-state index >= 15 is 0 Å². The molecule has 1 aromatic heterocycles. The summed E-state index contributed by atoms with van der Waals surface area (Å²) in [7, 11) is 0. The fraction of sp³-hybridized carbons (Fsp3) is 0.467. The topological polar surface area (TPSA) is 37.0 Å². The number of fused-ring (bicyclic) bond motifs is 1. The third-order valence-electron chi connectivity index (χ3n) is 2.95. The molecule has 2 N–H and O–H groups in total. The first-order valence-electron chi connectivity index (χ1n) is 6.64. The zero-order chi connectivity index (χ0) is 12.8. The highest BCUT2D eigenvalue weighted by Gasteiger charge is 2.00. The van der Waals surface area contributed by atoms with Gasteiger partial charge in [-0.1, -0.05) is 12.1 Å². The predicted molar refractivity (Wildman–Crippen MR) is 75.7 cm³/mol. The molecule has 0 aliphatic rings. The molecule has 18 heavy (non-hydrogen) atoms. The van der Waals surface area contributed by atoms with E-state index in [2.05, 4.69) is 48.4 Å². The minimum Gasteiger partial charge on any atom is -0.379 e. The molecule has 1 heterocycles. The predicted octanol–water partition coefficient (Wildman–Crippen LogP) is 3.07. The third-order valence-corrected chi connectivity index (χ3v) is 2.95. The van der Waals surface area contributed by atoms with Gasteiger partial charge in [0, 0.05) is 30.3 Å². The summed E-state index contributed by atoms with van der Waals surface area (Å²) in [6.45, 7) is 6.88. The highest BCUT2D eigenvalue weighted by Crippen LogP contribution is 2.16. The lowest BCUT2D eigenvalue weighted by atomic mass is 10.1. The van der Waals surface area contributed by atoms with Crippen molar-refractivity contribution in [3.8, 4) is 0 Å². The summed E-state index contributed by atoms with van der Waals surface area (Å²) in [6.07, 6.45) is 3.38. The number of hydrogen-bond acceptors (Lipinski definition) is 2. The highest BCUT2D eigenvalue weighted by atomic mass is 16.5. The van der Waals surface area contributed by atoms with Gasteiger partial charge in [-0.25, -0.2) is 0 Å². The first-order chi connectivity index (χ1) is 8.77. The number of rotatable bonds is 7. The van der Waals surface area contributed by atoms with E-state index in [-0.39, 0.29) is 0 Å². The SMILES string of the molecule is CC(C)OCCCNCc1cccc2[nH]ccc12. The number of nitrogens with one attached hydrogen (secondary N) is 2. The molecule has 2 rings (SSSR count). The summed E-state index contributed by atoms with van der Waals surface area (Å²) in [6, 6.07) is 8.51. The summed E-state index contributed by atoms with van der Waals surface area (Å²) in [5.74, 6) is 0. The van der Waals surface area contributed by atoms with Gasteiger partial charge in [-0.15, -0.1) is 0 Å². The van der Waals surface area contributed by atoms with E-state index in [1.165, 1.54) is 16.5 Å². The van der Waals surface area contributed by atoms with Crippen LogP contribution in [-0.4, -0.2) is 24.2 Å². The van der Waals surface area contributed by atoms with Crippen molar-refractivity contribution in [2.45, 2.75) is 32.9 Å². The molecule has 0 aliphatic heterocycles. The Kier molecular flexibility index (Phi) is 4.79. The number of hydrogen-bond donors (Lipinski definition) is 2. The molecular weight excluding hydrogens is 224 g/mol. The largest absolute Gasteiger partial charge is 0.379 e. The average Bonchev–Trinajstić information content (AvgIpc) is 2.82. The maximum atomic E-state index is 5.51. The van der Waals surface area contributed by atoms with Gasteiger partial charge in [-0.05, 0) is 44.5 Å². The molecule has 0 unspecified atom stereocenters. The van der Waals surface area contributed by atoms with Crippen LogP contribution in [0.15, 0.2) is 30.5 Å². The Labute approximate surface area is 109 Å². The van der Waals surface area contributed by atoms with Crippen LogP contribution in [0.2, 0.25) is 0 Å². The Bertz CT molecular complexity index is 476. The Morgan fingerprint density at radius 3 is 3.00 bits per heavy atom. The summed E-state index contributed by atoms with van der Waals surface area (Å²) in [5, 5.41) is 4.77. The second-order valence-electron chi connectivity index (χ2n) is 4.81. The molecule has 0 spiro atoms. The number of benzene rings is 1. The van der Waals surface area contributed by atoms with Crippen LogP contribution in [0.1, 0.15) is 25.8 Å². The van der Waals surface area contributed by atoms with Gasteiger partial charge in [0.2, 0.25) is 0 Å². The molecule has 0 saturated carbocycles. The summed E-state index contributed by atoms with van der Waals surface area (Å²) in [4.78, 5) is 3.24. The second kappa shape index (κ2) is 6.57. The highest BCUT2D eigenvalue weighted by molar-refractivity contribution is 5.82. The van der Waals surface area contributed by atoms with E-state index in [1.807, 2.05) is 6.20 Å². The van der Waals surface area contributed by atoms with Gasteiger partial charge in [-0.3, -0.25) is 0 Å². The zero-order valence-corrected chi connectivity index (χ0v) is 11.2. The average molecular weight is 246 g/mol. The summed E-state index contributed by atoms with van der Waals surface area (Å²) in [5.41, 5.74) is 2.55. The number of ether oxygens (including phenoxy) is 1. The molecule has 0 amide bonds. The van der Waals surface area contributed by atoms with Crippen molar-refractivity contribution in [3.05, 3.63) is 36.0 Å². The summed E-state index contributed by atoms with van der Waals surface area (Å²) < 4.78 is 5.51. The van der Waals surface area contributed by atoms with E-state index < -0.39 is 0 Å². The maximum absolute atomic E-state index is 5.51. The minimum atomic E-state index is 0.332. The smallest absolute Gasteiger partial charge is 0.0518 e. The normalized spacial score (nSPS) is 11.5. The van der Waals surface area contributed by atoms with Gasteiger partial charge >= 0.3 is 0 Å². The molecule has 0 radical (unpaired) electrons.